The monoisotopic (exact) mass is 334 g/mol. The van der Waals surface area contributed by atoms with Crippen LogP contribution in [0.3, 0.4) is 0 Å². The second kappa shape index (κ2) is 5.21. The first-order chi connectivity index (χ1) is 8.86. The third-order valence-electron chi connectivity index (χ3n) is 2.29. The summed E-state index contributed by atoms with van der Waals surface area (Å²) in [6.07, 6.45) is -4.47. The van der Waals surface area contributed by atoms with Crippen LogP contribution in [-0.4, -0.2) is 0 Å². The summed E-state index contributed by atoms with van der Waals surface area (Å²) in [4.78, 5) is 0. The van der Waals surface area contributed by atoms with Crippen molar-refractivity contribution in [2.45, 2.75) is 6.18 Å². The van der Waals surface area contributed by atoms with Gasteiger partial charge in [-0.15, -0.1) is 0 Å². The van der Waals surface area contributed by atoms with E-state index in [1.807, 2.05) is 0 Å². The maximum Gasteiger partial charge on any atom is 0.417 e. The number of halogens is 5. The molecule has 1 nitrogen and oxygen atoms in total. The minimum absolute atomic E-state index is 0.0298. The Hall–Kier alpha value is -1.56. The maximum atomic E-state index is 12.7. The van der Waals surface area contributed by atoms with Crippen molar-refractivity contribution >= 4 is 15.9 Å². The Morgan fingerprint density at radius 1 is 0.895 bits per heavy atom. The standard InChI is InChI=1S/C13H7BrF4O/c14-12-6-5-10(7-11(12)13(16,17)18)19-9-3-1-8(15)2-4-9/h1-7H. The van der Waals surface area contributed by atoms with Crippen molar-refractivity contribution in [2.24, 2.45) is 0 Å². The van der Waals surface area contributed by atoms with E-state index >= 15 is 0 Å². The van der Waals surface area contributed by atoms with E-state index in [-0.39, 0.29) is 16.0 Å². The highest BCUT2D eigenvalue weighted by molar-refractivity contribution is 9.10. The van der Waals surface area contributed by atoms with Crippen molar-refractivity contribution in [1.29, 1.82) is 0 Å². The third-order valence-corrected chi connectivity index (χ3v) is 2.98. The van der Waals surface area contributed by atoms with Crippen molar-refractivity contribution in [2.75, 3.05) is 0 Å². The normalized spacial score (nSPS) is 11.4. The van der Waals surface area contributed by atoms with Gasteiger partial charge < -0.3 is 4.74 Å². The summed E-state index contributed by atoms with van der Waals surface area (Å²) in [5.41, 5.74) is -0.827. The Labute approximate surface area is 114 Å². The summed E-state index contributed by atoms with van der Waals surface area (Å²) in [6.45, 7) is 0. The Morgan fingerprint density at radius 3 is 2.05 bits per heavy atom. The molecule has 2 rings (SSSR count). The van der Waals surface area contributed by atoms with Gasteiger partial charge in [-0.25, -0.2) is 4.39 Å². The number of hydrogen-bond acceptors (Lipinski definition) is 1. The zero-order valence-corrected chi connectivity index (χ0v) is 10.9. The van der Waals surface area contributed by atoms with Gasteiger partial charge in [0.25, 0.3) is 0 Å². The van der Waals surface area contributed by atoms with E-state index in [1.165, 1.54) is 36.4 Å². The molecule has 0 fully saturated rings. The Morgan fingerprint density at radius 2 is 1.47 bits per heavy atom. The van der Waals surface area contributed by atoms with Crippen LogP contribution in [-0.2, 0) is 6.18 Å². The second-order valence-electron chi connectivity index (χ2n) is 3.70. The fourth-order valence-corrected chi connectivity index (χ4v) is 1.90. The van der Waals surface area contributed by atoms with Crippen molar-refractivity contribution < 1.29 is 22.3 Å². The molecule has 0 aromatic heterocycles. The zero-order valence-electron chi connectivity index (χ0n) is 9.34. The molecular formula is C13H7BrF4O. The number of rotatable bonds is 2. The number of hydrogen-bond donors (Lipinski definition) is 0. The molecule has 0 amide bonds. The number of alkyl halides is 3. The average molecular weight is 335 g/mol. The van der Waals surface area contributed by atoms with Crippen LogP contribution in [0.2, 0.25) is 0 Å². The predicted octanol–water partition coefficient (Wildman–Crippen LogP) is 5.40. The molecule has 0 heterocycles. The first-order valence-corrected chi connectivity index (χ1v) is 5.96. The molecule has 100 valence electrons. The van der Waals surface area contributed by atoms with Crippen LogP contribution in [0.1, 0.15) is 5.56 Å². The molecule has 0 radical (unpaired) electrons. The first-order valence-electron chi connectivity index (χ1n) is 5.16. The molecule has 0 aliphatic heterocycles. The smallest absolute Gasteiger partial charge is 0.417 e. The SMILES string of the molecule is Fc1ccc(Oc2ccc(Br)c(C(F)(F)F)c2)cc1. The summed E-state index contributed by atoms with van der Waals surface area (Å²) < 4.78 is 55.9. The van der Waals surface area contributed by atoms with E-state index in [1.54, 1.807) is 0 Å². The number of benzene rings is 2. The first kappa shape index (κ1) is 13.9. The summed E-state index contributed by atoms with van der Waals surface area (Å²) >= 11 is 2.84. The quantitative estimate of drug-likeness (QED) is 0.668. The van der Waals surface area contributed by atoms with Crippen molar-refractivity contribution in [3.63, 3.8) is 0 Å². The molecule has 0 spiro atoms. The van der Waals surface area contributed by atoms with Gasteiger partial charge in [-0.3, -0.25) is 0 Å². The van der Waals surface area contributed by atoms with Gasteiger partial charge in [0.05, 0.1) is 5.56 Å². The fraction of sp³-hybridized carbons (Fsp3) is 0.0769. The Bertz CT molecular complexity index is 578. The van der Waals surface area contributed by atoms with Gasteiger partial charge >= 0.3 is 6.18 Å². The molecule has 19 heavy (non-hydrogen) atoms. The largest absolute Gasteiger partial charge is 0.457 e. The highest BCUT2D eigenvalue weighted by Gasteiger charge is 2.33. The van der Waals surface area contributed by atoms with E-state index in [4.69, 9.17) is 4.74 Å². The molecule has 6 heteroatoms. The van der Waals surface area contributed by atoms with Crippen LogP contribution in [0.25, 0.3) is 0 Å². The van der Waals surface area contributed by atoms with E-state index in [0.29, 0.717) is 0 Å². The van der Waals surface area contributed by atoms with E-state index in [2.05, 4.69) is 15.9 Å². The van der Waals surface area contributed by atoms with Crippen molar-refractivity contribution in [3.8, 4) is 11.5 Å². The van der Waals surface area contributed by atoms with Gasteiger partial charge in [0.2, 0.25) is 0 Å². The third kappa shape index (κ3) is 3.47. The highest BCUT2D eigenvalue weighted by Crippen LogP contribution is 2.37. The molecule has 0 saturated heterocycles. The lowest BCUT2D eigenvalue weighted by atomic mass is 10.2. The van der Waals surface area contributed by atoms with Gasteiger partial charge in [0, 0.05) is 4.47 Å². The highest BCUT2D eigenvalue weighted by atomic mass is 79.9. The van der Waals surface area contributed by atoms with E-state index in [0.717, 1.165) is 6.07 Å². The second-order valence-corrected chi connectivity index (χ2v) is 4.55. The van der Waals surface area contributed by atoms with Gasteiger partial charge in [-0.2, -0.15) is 13.2 Å². The van der Waals surface area contributed by atoms with Gasteiger partial charge in [-0.1, -0.05) is 15.9 Å². The summed E-state index contributed by atoms with van der Waals surface area (Å²) in [5.74, 6) is -0.155. The van der Waals surface area contributed by atoms with Crippen LogP contribution in [0, 0.1) is 5.82 Å². The van der Waals surface area contributed by atoms with Crippen molar-refractivity contribution in [3.05, 3.63) is 58.3 Å². The van der Waals surface area contributed by atoms with Crippen LogP contribution < -0.4 is 4.74 Å². The predicted molar refractivity (Wildman–Crippen MR) is 65.6 cm³/mol. The molecule has 2 aromatic carbocycles. The minimum atomic E-state index is -4.47. The van der Waals surface area contributed by atoms with Gasteiger partial charge in [0.1, 0.15) is 17.3 Å². The molecule has 0 N–H and O–H groups in total. The molecule has 0 unspecified atom stereocenters. The topological polar surface area (TPSA) is 9.23 Å². The summed E-state index contributed by atoms with van der Waals surface area (Å²) in [7, 11) is 0. The summed E-state index contributed by atoms with van der Waals surface area (Å²) in [6, 6.07) is 8.53. The van der Waals surface area contributed by atoms with E-state index in [9.17, 15) is 17.6 Å². The average Bonchev–Trinajstić information content (AvgIpc) is 2.33. The number of ether oxygens (including phenoxy) is 1. The van der Waals surface area contributed by atoms with Crippen LogP contribution in [0.4, 0.5) is 17.6 Å². The van der Waals surface area contributed by atoms with Crippen LogP contribution in [0.15, 0.2) is 46.9 Å². The Kier molecular flexibility index (Phi) is 3.80. The van der Waals surface area contributed by atoms with Gasteiger partial charge in [-0.05, 0) is 42.5 Å². The lowest BCUT2D eigenvalue weighted by Gasteiger charge is -2.11. The van der Waals surface area contributed by atoms with Gasteiger partial charge in [0.15, 0.2) is 0 Å². The van der Waals surface area contributed by atoms with Crippen LogP contribution in [0.5, 0.6) is 11.5 Å². The molecule has 0 bridgehead atoms. The summed E-state index contributed by atoms with van der Waals surface area (Å²) in [5, 5.41) is 0. The zero-order chi connectivity index (χ0) is 14.0. The maximum absolute atomic E-state index is 12.7. The molecule has 0 atom stereocenters. The lowest BCUT2D eigenvalue weighted by molar-refractivity contribution is -0.138. The van der Waals surface area contributed by atoms with E-state index < -0.39 is 17.6 Å². The molecular weight excluding hydrogens is 328 g/mol. The van der Waals surface area contributed by atoms with Crippen molar-refractivity contribution in [1.82, 2.24) is 0 Å². The minimum Gasteiger partial charge on any atom is -0.457 e. The van der Waals surface area contributed by atoms with Crippen LogP contribution >= 0.6 is 15.9 Å². The molecule has 0 aliphatic carbocycles. The lowest BCUT2D eigenvalue weighted by Crippen LogP contribution is -2.06. The molecule has 0 saturated carbocycles. The molecule has 0 aliphatic rings. The fourth-order valence-electron chi connectivity index (χ4n) is 1.42. The Balaban J connectivity index is 2.29. The molecule has 2 aromatic rings.